The monoisotopic (exact) mass is 677 g/mol. The molecular weight excluding hydrogens is 646 g/mol. The lowest BCUT2D eigenvalue weighted by Crippen LogP contribution is -2.60. The molecule has 13 nitrogen and oxygen atoms in total. The van der Waals surface area contributed by atoms with Gasteiger partial charge in [0.05, 0.1) is 36.6 Å². The number of para-hydroxylation sites is 2. The lowest BCUT2D eigenvalue weighted by Gasteiger charge is -2.37. The number of hydrazine groups is 1. The van der Waals surface area contributed by atoms with Gasteiger partial charge in [-0.2, -0.15) is 10.5 Å². The summed E-state index contributed by atoms with van der Waals surface area (Å²) in [6, 6.07) is 24.0. The summed E-state index contributed by atoms with van der Waals surface area (Å²) in [4.78, 5) is 36.1. The van der Waals surface area contributed by atoms with Gasteiger partial charge >= 0.3 is 0 Å². The molecular formula is C35H31N7O6S. The van der Waals surface area contributed by atoms with Crippen molar-refractivity contribution < 1.29 is 27.5 Å². The fraction of sp³-hybridized carbons (Fsp3) is 0.229. The number of pyridine rings is 1. The van der Waals surface area contributed by atoms with Crippen LogP contribution in [-0.4, -0.2) is 70.1 Å². The third kappa shape index (κ3) is 5.57. The molecule has 1 unspecified atom stereocenters. The summed E-state index contributed by atoms with van der Waals surface area (Å²) in [6.45, 7) is 3.53. The highest BCUT2D eigenvalue weighted by atomic mass is 32.2. The fourth-order valence-electron chi connectivity index (χ4n) is 6.20. The Bertz CT molecular complexity index is 2120. The van der Waals surface area contributed by atoms with Crippen molar-refractivity contribution in [1.29, 1.82) is 10.5 Å². The molecule has 248 valence electrons. The number of piperazine rings is 1. The Morgan fingerprint density at radius 1 is 0.918 bits per heavy atom. The summed E-state index contributed by atoms with van der Waals surface area (Å²) in [6.07, 6.45) is 1.49. The molecule has 1 N–H and O–H groups in total. The molecule has 14 heteroatoms. The average Bonchev–Trinajstić information content (AvgIpc) is 3.40. The number of methoxy groups -OCH3 is 1. The molecule has 6 rings (SSSR count). The normalized spacial score (nSPS) is 17.5. The predicted molar refractivity (Wildman–Crippen MR) is 178 cm³/mol. The van der Waals surface area contributed by atoms with Crippen molar-refractivity contribution in [2.75, 3.05) is 49.1 Å². The van der Waals surface area contributed by atoms with Crippen molar-refractivity contribution in [3.8, 4) is 23.6 Å². The standard InChI is InChI=1S/C35H31N7O6S/c1-3-48-29-9-5-4-8-26(29)35(33(43)39-41-18-16-40(17-19-41)32-15-13-25(22-37)23-38-32)27-20-24(21-36)12-14-28(27)42(34(35)44)49(45,46)31-11-7-6-10-30(31)47-2/h4-15,20,23H,3,16-19H2,1-2H3,(H,39,43). The Hall–Kier alpha value is -5.96. The van der Waals surface area contributed by atoms with Gasteiger partial charge in [0.2, 0.25) is 0 Å². The number of hydrogen-bond acceptors (Lipinski definition) is 11. The number of fused-ring (bicyclic) bond motifs is 1. The molecule has 1 aromatic heterocycles. The van der Waals surface area contributed by atoms with E-state index in [1.165, 1.54) is 49.7 Å². The van der Waals surface area contributed by atoms with Gasteiger partial charge in [0.15, 0.2) is 5.41 Å². The molecule has 1 atom stereocenters. The van der Waals surface area contributed by atoms with Crippen LogP contribution in [0.5, 0.6) is 11.5 Å². The van der Waals surface area contributed by atoms with Gasteiger partial charge in [-0.25, -0.2) is 22.7 Å². The van der Waals surface area contributed by atoms with Crippen LogP contribution in [-0.2, 0) is 25.0 Å². The number of ether oxygens (including phenoxy) is 2. The first-order valence-electron chi connectivity index (χ1n) is 15.4. The predicted octanol–water partition coefficient (Wildman–Crippen LogP) is 3.11. The molecule has 0 spiro atoms. The summed E-state index contributed by atoms with van der Waals surface area (Å²) in [5.41, 5.74) is 1.24. The van der Waals surface area contributed by atoms with Gasteiger partial charge < -0.3 is 14.4 Å². The number of rotatable bonds is 9. The van der Waals surface area contributed by atoms with E-state index in [0.29, 0.717) is 41.9 Å². The first-order chi connectivity index (χ1) is 23.7. The van der Waals surface area contributed by atoms with E-state index in [0.717, 1.165) is 0 Å². The second-order valence-electron chi connectivity index (χ2n) is 11.2. The number of carbonyl (C=O) groups is 2. The second kappa shape index (κ2) is 13.3. The SMILES string of the molecule is CCOc1ccccc1C1(C(=O)NN2CCN(c3ccc(C#N)cn3)CC2)C(=O)N(S(=O)(=O)c2ccccc2OC)c2ccc(C#N)cc21. The van der Waals surface area contributed by atoms with E-state index in [-0.39, 0.29) is 45.4 Å². The molecule has 0 bridgehead atoms. The number of hydrogen-bond donors (Lipinski definition) is 1. The van der Waals surface area contributed by atoms with Gasteiger partial charge in [0.1, 0.15) is 28.3 Å². The first kappa shape index (κ1) is 33.0. The summed E-state index contributed by atoms with van der Waals surface area (Å²) >= 11 is 0. The molecule has 2 amide bonds. The van der Waals surface area contributed by atoms with E-state index in [1.54, 1.807) is 54.4 Å². The largest absolute Gasteiger partial charge is 0.495 e. The zero-order valence-electron chi connectivity index (χ0n) is 26.7. The molecule has 0 saturated carbocycles. The minimum absolute atomic E-state index is 0.0109. The lowest BCUT2D eigenvalue weighted by molar-refractivity contribution is -0.136. The number of carbonyl (C=O) groups excluding carboxylic acids is 2. The number of benzene rings is 3. The zero-order valence-corrected chi connectivity index (χ0v) is 27.5. The molecule has 49 heavy (non-hydrogen) atoms. The molecule has 2 aliphatic rings. The van der Waals surface area contributed by atoms with Crippen molar-refractivity contribution in [1.82, 2.24) is 15.4 Å². The van der Waals surface area contributed by atoms with Crippen molar-refractivity contribution in [2.24, 2.45) is 0 Å². The molecule has 4 aromatic rings. The van der Waals surface area contributed by atoms with Crippen molar-refractivity contribution in [3.63, 3.8) is 0 Å². The lowest BCUT2D eigenvalue weighted by atomic mass is 9.73. The van der Waals surface area contributed by atoms with Gasteiger partial charge in [-0.15, -0.1) is 0 Å². The van der Waals surface area contributed by atoms with E-state index >= 15 is 4.79 Å². The summed E-state index contributed by atoms with van der Waals surface area (Å²) in [5.74, 6) is -0.989. The Balaban J connectivity index is 1.46. The van der Waals surface area contributed by atoms with E-state index in [1.807, 2.05) is 11.0 Å². The van der Waals surface area contributed by atoms with E-state index in [9.17, 15) is 18.5 Å². The van der Waals surface area contributed by atoms with Crippen LogP contribution in [0.2, 0.25) is 0 Å². The van der Waals surface area contributed by atoms with Crippen LogP contribution >= 0.6 is 0 Å². The van der Waals surface area contributed by atoms with Crippen LogP contribution in [0.15, 0.2) is 90.0 Å². The van der Waals surface area contributed by atoms with Crippen LogP contribution < -0.4 is 24.1 Å². The third-order valence-electron chi connectivity index (χ3n) is 8.51. The summed E-state index contributed by atoms with van der Waals surface area (Å²) < 4.78 is 40.8. The number of anilines is 2. The molecule has 1 saturated heterocycles. The van der Waals surface area contributed by atoms with Crippen LogP contribution in [0.25, 0.3) is 0 Å². The minimum atomic E-state index is -4.67. The second-order valence-corrected chi connectivity index (χ2v) is 12.9. The van der Waals surface area contributed by atoms with E-state index in [4.69, 9.17) is 14.7 Å². The maximum Gasteiger partial charge on any atom is 0.274 e. The Morgan fingerprint density at radius 2 is 1.59 bits per heavy atom. The number of sulfonamides is 1. The van der Waals surface area contributed by atoms with E-state index < -0.39 is 27.3 Å². The number of nitrogens with one attached hydrogen (secondary N) is 1. The summed E-state index contributed by atoms with van der Waals surface area (Å²) in [5, 5.41) is 20.7. The maximum atomic E-state index is 15.1. The first-order valence-corrected chi connectivity index (χ1v) is 16.8. The Morgan fingerprint density at radius 3 is 2.24 bits per heavy atom. The molecule has 0 radical (unpaired) electrons. The quantitative estimate of drug-likeness (QED) is 0.258. The zero-order chi connectivity index (χ0) is 34.8. The van der Waals surface area contributed by atoms with Gasteiger partial charge in [0.25, 0.3) is 21.8 Å². The molecule has 0 aliphatic carbocycles. The van der Waals surface area contributed by atoms with Gasteiger partial charge in [-0.3, -0.25) is 15.0 Å². The highest BCUT2D eigenvalue weighted by Gasteiger charge is 2.62. The molecule has 3 heterocycles. The fourth-order valence-corrected chi connectivity index (χ4v) is 7.83. The number of nitrogens with zero attached hydrogens (tertiary/aromatic N) is 6. The Kier molecular flexibility index (Phi) is 8.93. The van der Waals surface area contributed by atoms with Crippen LogP contribution in [0.4, 0.5) is 11.5 Å². The van der Waals surface area contributed by atoms with Crippen LogP contribution in [0.3, 0.4) is 0 Å². The van der Waals surface area contributed by atoms with Crippen molar-refractivity contribution in [2.45, 2.75) is 17.2 Å². The number of aromatic nitrogens is 1. The van der Waals surface area contributed by atoms with Gasteiger partial charge in [-0.1, -0.05) is 30.3 Å². The van der Waals surface area contributed by atoms with Gasteiger partial charge in [0, 0.05) is 43.5 Å². The van der Waals surface area contributed by atoms with Crippen molar-refractivity contribution >= 4 is 33.3 Å². The highest BCUT2D eigenvalue weighted by molar-refractivity contribution is 7.93. The van der Waals surface area contributed by atoms with Crippen LogP contribution in [0, 0.1) is 22.7 Å². The van der Waals surface area contributed by atoms with Crippen LogP contribution in [0.1, 0.15) is 29.2 Å². The van der Waals surface area contributed by atoms with E-state index in [2.05, 4.69) is 16.5 Å². The van der Waals surface area contributed by atoms with Gasteiger partial charge in [-0.05, 0) is 55.5 Å². The summed E-state index contributed by atoms with van der Waals surface area (Å²) in [7, 11) is -3.35. The smallest absolute Gasteiger partial charge is 0.274 e. The minimum Gasteiger partial charge on any atom is -0.495 e. The number of nitriles is 2. The average molecular weight is 678 g/mol. The molecule has 2 aliphatic heterocycles. The molecule has 3 aromatic carbocycles. The maximum absolute atomic E-state index is 15.1. The molecule has 1 fully saturated rings. The van der Waals surface area contributed by atoms with Crippen molar-refractivity contribution in [3.05, 3.63) is 107 Å². The topological polar surface area (TPSA) is 169 Å². The third-order valence-corrected chi connectivity index (χ3v) is 10.2. The number of amides is 2. The highest BCUT2D eigenvalue weighted by Crippen LogP contribution is 2.51. The Labute approximate surface area is 283 Å².